The Balaban J connectivity index is 1.96. The Hall–Kier alpha value is -1.26. The Morgan fingerprint density at radius 3 is 2.42 bits per heavy atom. The molecule has 0 aromatic rings. The van der Waals surface area contributed by atoms with Gasteiger partial charge in [0.2, 0.25) is 0 Å². The molecule has 2 rings (SSSR count). The van der Waals surface area contributed by atoms with Gasteiger partial charge in [-0.25, -0.2) is 4.79 Å². The van der Waals surface area contributed by atoms with E-state index in [-0.39, 0.29) is 23.4 Å². The third-order valence-electron chi connectivity index (χ3n) is 4.42. The molecule has 1 N–H and O–H groups in total. The van der Waals surface area contributed by atoms with E-state index in [1.165, 1.54) is 0 Å². The highest BCUT2D eigenvalue weighted by Gasteiger charge is 2.38. The smallest absolute Gasteiger partial charge is 0.320 e. The van der Waals surface area contributed by atoms with Gasteiger partial charge in [-0.2, -0.15) is 0 Å². The first-order valence-corrected chi connectivity index (χ1v) is 7.08. The van der Waals surface area contributed by atoms with Gasteiger partial charge in [-0.05, 0) is 31.6 Å². The second kappa shape index (κ2) is 5.02. The van der Waals surface area contributed by atoms with Gasteiger partial charge in [-0.15, -0.1) is 0 Å². The maximum absolute atomic E-state index is 12.5. The highest BCUT2D eigenvalue weighted by molar-refractivity contribution is 5.76. The minimum absolute atomic E-state index is 0.0195. The van der Waals surface area contributed by atoms with Crippen LogP contribution in [0.4, 0.5) is 4.79 Å². The zero-order chi connectivity index (χ0) is 14.2. The fourth-order valence-corrected chi connectivity index (χ4v) is 3.14. The average Bonchev–Trinajstić information content (AvgIpc) is 2.68. The summed E-state index contributed by atoms with van der Waals surface area (Å²) in [4.78, 5) is 27.2. The number of piperidine rings is 1. The molecule has 0 bridgehead atoms. The van der Waals surface area contributed by atoms with Gasteiger partial charge in [0.25, 0.3) is 0 Å². The van der Waals surface area contributed by atoms with E-state index in [1.807, 2.05) is 16.7 Å². The first-order chi connectivity index (χ1) is 8.80. The number of likely N-dealkylation sites (tertiary alicyclic amines) is 2. The molecule has 0 saturated carbocycles. The number of rotatable bonds is 1. The van der Waals surface area contributed by atoms with Crippen LogP contribution >= 0.6 is 0 Å². The third kappa shape index (κ3) is 3.01. The molecule has 2 aliphatic heterocycles. The Kier molecular flexibility index (Phi) is 3.74. The van der Waals surface area contributed by atoms with Crippen LogP contribution in [0.25, 0.3) is 0 Å². The molecular formula is C14H24N2O3. The zero-order valence-electron chi connectivity index (χ0n) is 12.1. The van der Waals surface area contributed by atoms with Crippen molar-refractivity contribution in [3.05, 3.63) is 0 Å². The zero-order valence-corrected chi connectivity index (χ0v) is 12.1. The van der Waals surface area contributed by atoms with Crippen LogP contribution in [0.1, 0.15) is 40.0 Å². The minimum Gasteiger partial charge on any atom is -0.481 e. The number of hydrogen-bond donors (Lipinski definition) is 1. The molecule has 2 saturated heterocycles. The molecule has 2 unspecified atom stereocenters. The first-order valence-electron chi connectivity index (χ1n) is 7.08. The molecule has 2 amide bonds. The predicted octanol–water partition coefficient (Wildman–Crippen LogP) is 2.02. The van der Waals surface area contributed by atoms with Crippen molar-refractivity contribution in [2.75, 3.05) is 19.6 Å². The van der Waals surface area contributed by atoms with E-state index in [1.54, 1.807) is 0 Å². The van der Waals surface area contributed by atoms with Gasteiger partial charge >= 0.3 is 12.0 Å². The molecule has 0 aliphatic carbocycles. The molecule has 0 aromatic carbocycles. The summed E-state index contributed by atoms with van der Waals surface area (Å²) in [5, 5.41) is 9.05. The number of amides is 2. The van der Waals surface area contributed by atoms with Crippen molar-refractivity contribution < 1.29 is 14.7 Å². The fraction of sp³-hybridized carbons (Fsp3) is 0.857. The summed E-state index contributed by atoms with van der Waals surface area (Å²) >= 11 is 0. The lowest BCUT2D eigenvalue weighted by atomic mass is 9.92. The lowest BCUT2D eigenvalue weighted by molar-refractivity contribution is -0.143. The Labute approximate surface area is 114 Å². The lowest BCUT2D eigenvalue weighted by Crippen LogP contribution is -2.51. The summed E-state index contributed by atoms with van der Waals surface area (Å²) in [5.74, 6) is -1.03. The molecule has 2 atom stereocenters. The Bertz CT molecular complexity index is 381. The van der Waals surface area contributed by atoms with Crippen molar-refractivity contribution >= 4 is 12.0 Å². The van der Waals surface area contributed by atoms with Gasteiger partial charge in [0.1, 0.15) is 0 Å². The SMILES string of the molecule is CC1CC(C(=O)O)CCN1C(=O)N1CCC(C)(C)C1. The van der Waals surface area contributed by atoms with Gasteiger partial charge in [0, 0.05) is 25.7 Å². The molecule has 108 valence electrons. The number of carbonyl (C=O) groups excluding carboxylic acids is 1. The van der Waals surface area contributed by atoms with Crippen molar-refractivity contribution in [1.29, 1.82) is 0 Å². The standard InChI is InChI=1S/C14H24N2O3/c1-10-8-11(12(17)18)4-6-16(10)13(19)15-7-5-14(2,3)9-15/h10-11H,4-9H2,1-3H3,(H,17,18). The van der Waals surface area contributed by atoms with Crippen LogP contribution in [0.5, 0.6) is 0 Å². The van der Waals surface area contributed by atoms with Crippen LogP contribution in [-0.4, -0.2) is 52.6 Å². The van der Waals surface area contributed by atoms with Crippen LogP contribution in [0.2, 0.25) is 0 Å². The van der Waals surface area contributed by atoms with E-state index < -0.39 is 5.97 Å². The highest BCUT2D eigenvalue weighted by Crippen LogP contribution is 2.31. The van der Waals surface area contributed by atoms with Crippen LogP contribution in [0.3, 0.4) is 0 Å². The first kappa shape index (κ1) is 14.2. The van der Waals surface area contributed by atoms with E-state index in [0.29, 0.717) is 19.4 Å². The molecule has 5 heteroatoms. The quantitative estimate of drug-likeness (QED) is 0.791. The summed E-state index contributed by atoms with van der Waals surface area (Å²) in [5.41, 5.74) is 0.207. The molecule has 2 aliphatic rings. The molecule has 19 heavy (non-hydrogen) atoms. The van der Waals surface area contributed by atoms with Crippen LogP contribution in [-0.2, 0) is 4.79 Å². The summed E-state index contributed by atoms with van der Waals surface area (Å²) in [6.07, 6.45) is 2.18. The van der Waals surface area contributed by atoms with E-state index >= 15 is 0 Å². The number of carbonyl (C=O) groups is 2. The second-order valence-corrected chi connectivity index (χ2v) is 6.72. The number of urea groups is 1. The summed E-state index contributed by atoms with van der Waals surface area (Å²) in [7, 11) is 0. The van der Waals surface area contributed by atoms with Crippen LogP contribution in [0, 0.1) is 11.3 Å². The normalized spacial score (nSPS) is 30.5. The molecule has 2 heterocycles. The number of hydrogen-bond acceptors (Lipinski definition) is 2. The van der Waals surface area contributed by atoms with E-state index in [9.17, 15) is 9.59 Å². The Morgan fingerprint density at radius 2 is 1.95 bits per heavy atom. The molecule has 5 nitrogen and oxygen atoms in total. The molecule has 0 aromatic heterocycles. The monoisotopic (exact) mass is 268 g/mol. The topological polar surface area (TPSA) is 60.9 Å². The summed E-state index contributed by atoms with van der Waals surface area (Å²) < 4.78 is 0. The maximum Gasteiger partial charge on any atom is 0.320 e. The van der Waals surface area contributed by atoms with Gasteiger partial charge in [0.15, 0.2) is 0 Å². The van der Waals surface area contributed by atoms with Gasteiger partial charge in [0.05, 0.1) is 5.92 Å². The second-order valence-electron chi connectivity index (χ2n) is 6.72. The molecular weight excluding hydrogens is 244 g/mol. The largest absolute Gasteiger partial charge is 0.481 e. The van der Waals surface area contributed by atoms with E-state index in [0.717, 1.165) is 19.5 Å². The van der Waals surface area contributed by atoms with Crippen LogP contribution in [0.15, 0.2) is 0 Å². The van der Waals surface area contributed by atoms with Crippen molar-refractivity contribution in [3.63, 3.8) is 0 Å². The molecule has 0 radical (unpaired) electrons. The highest BCUT2D eigenvalue weighted by atomic mass is 16.4. The number of nitrogens with zero attached hydrogens (tertiary/aromatic N) is 2. The van der Waals surface area contributed by atoms with Crippen molar-refractivity contribution in [1.82, 2.24) is 9.80 Å². The van der Waals surface area contributed by atoms with E-state index in [2.05, 4.69) is 13.8 Å². The molecule has 2 fully saturated rings. The number of carboxylic acids is 1. The number of carboxylic acid groups (broad SMARTS) is 1. The van der Waals surface area contributed by atoms with Crippen molar-refractivity contribution in [2.45, 2.75) is 46.1 Å². The minimum atomic E-state index is -0.735. The lowest BCUT2D eigenvalue weighted by Gasteiger charge is -2.38. The van der Waals surface area contributed by atoms with Gasteiger partial charge < -0.3 is 14.9 Å². The third-order valence-corrected chi connectivity index (χ3v) is 4.42. The van der Waals surface area contributed by atoms with E-state index in [4.69, 9.17) is 5.11 Å². The Morgan fingerprint density at radius 1 is 1.26 bits per heavy atom. The summed E-state index contributed by atoms with van der Waals surface area (Å²) in [6.45, 7) is 8.50. The van der Waals surface area contributed by atoms with Gasteiger partial charge in [-0.3, -0.25) is 4.79 Å². The maximum atomic E-state index is 12.5. The number of aliphatic carboxylic acids is 1. The van der Waals surface area contributed by atoms with Gasteiger partial charge in [-0.1, -0.05) is 13.8 Å². The summed E-state index contributed by atoms with van der Waals surface area (Å²) in [6, 6.07) is 0.105. The van der Waals surface area contributed by atoms with Crippen molar-refractivity contribution in [3.8, 4) is 0 Å². The van der Waals surface area contributed by atoms with Crippen LogP contribution < -0.4 is 0 Å². The fourth-order valence-electron chi connectivity index (χ4n) is 3.14. The average molecular weight is 268 g/mol. The predicted molar refractivity (Wildman–Crippen MR) is 71.9 cm³/mol. The molecule has 0 spiro atoms. The van der Waals surface area contributed by atoms with Crippen molar-refractivity contribution in [2.24, 2.45) is 11.3 Å².